The fraction of sp³-hybridized carbons (Fsp3) is 0.367. The van der Waals surface area contributed by atoms with E-state index in [1.807, 2.05) is 6.92 Å². The number of benzene rings is 2. The Balaban J connectivity index is 1.63. The van der Waals surface area contributed by atoms with E-state index in [4.69, 9.17) is 28.4 Å². The molecule has 14 nitrogen and oxygen atoms in total. The largest absolute Gasteiger partial charge is 0.493 e. The Labute approximate surface area is 254 Å². The molecule has 0 saturated heterocycles. The number of ether oxygens (including phenoxy) is 6. The Morgan fingerprint density at radius 2 is 1.59 bits per heavy atom. The number of carbonyl (C=O) groups excluding carboxylic acids is 4. The standard InChI is InChI=1S/C30H36N4O10/c1-6-40-24-13-19(9-11-22(24)44-17-26(36)41-7-2)15-31-34-25(35)16-43-21-12-10-20(14-23(21)39-5)28-27(29(37)42-8-3)18(4)32-30(38)33-28/h9-15,28H,6-8,16-17H2,1-5H3,(H,34,35)(H2,32,33,38)/b31-15-/t28-/m1/s1. The summed E-state index contributed by atoms with van der Waals surface area (Å²) in [5, 5.41) is 9.26. The molecule has 44 heavy (non-hydrogen) atoms. The van der Waals surface area contributed by atoms with Crippen molar-refractivity contribution >= 4 is 30.1 Å². The molecule has 236 valence electrons. The summed E-state index contributed by atoms with van der Waals surface area (Å²) < 4.78 is 32.2. The lowest BCUT2D eigenvalue weighted by Crippen LogP contribution is -2.45. The van der Waals surface area contributed by atoms with Gasteiger partial charge in [-0.2, -0.15) is 5.10 Å². The van der Waals surface area contributed by atoms with Crippen LogP contribution in [-0.4, -0.2) is 70.2 Å². The van der Waals surface area contributed by atoms with Crippen LogP contribution >= 0.6 is 0 Å². The van der Waals surface area contributed by atoms with Crippen LogP contribution in [0.2, 0.25) is 0 Å². The quantitative estimate of drug-likeness (QED) is 0.154. The first-order valence-corrected chi connectivity index (χ1v) is 13.8. The molecule has 0 aromatic heterocycles. The molecule has 14 heteroatoms. The van der Waals surface area contributed by atoms with E-state index in [1.165, 1.54) is 13.3 Å². The van der Waals surface area contributed by atoms with Crippen LogP contribution in [0.4, 0.5) is 4.79 Å². The average Bonchev–Trinajstić information content (AvgIpc) is 2.99. The van der Waals surface area contributed by atoms with Crippen LogP contribution in [-0.2, 0) is 23.9 Å². The maximum Gasteiger partial charge on any atom is 0.344 e. The van der Waals surface area contributed by atoms with Crippen LogP contribution in [0.5, 0.6) is 23.0 Å². The summed E-state index contributed by atoms with van der Waals surface area (Å²) in [4.78, 5) is 48.7. The summed E-state index contributed by atoms with van der Waals surface area (Å²) >= 11 is 0. The van der Waals surface area contributed by atoms with Gasteiger partial charge in [0.15, 0.2) is 36.2 Å². The third kappa shape index (κ3) is 9.11. The average molecular weight is 613 g/mol. The molecule has 1 aliphatic heterocycles. The first-order valence-electron chi connectivity index (χ1n) is 13.8. The van der Waals surface area contributed by atoms with Crippen LogP contribution < -0.4 is 35.0 Å². The van der Waals surface area contributed by atoms with E-state index in [0.29, 0.717) is 34.9 Å². The summed E-state index contributed by atoms with van der Waals surface area (Å²) in [5.41, 5.74) is 4.16. The summed E-state index contributed by atoms with van der Waals surface area (Å²) in [6.07, 6.45) is 1.41. The van der Waals surface area contributed by atoms with E-state index in [2.05, 4.69) is 21.2 Å². The molecule has 1 aliphatic rings. The highest BCUT2D eigenvalue weighted by atomic mass is 16.6. The molecule has 0 saturated carbocycles. The number of nitrogens with zero attached hydrogens (tertiary/aromatic N) is 1. The second-order valence-electron chi connectivity index (χ2n) is 9.02. The predicted molar refractivity (Wildman–Crippen MR) is 158 cm³/mol. The first-order chi connectivity index (χ1) is 21.2. The molecular formula is C30H36N4O10. The maximum absolute atomic E-state index is 12.6. The number of amides is 3. The van der Waals surface area contributed by atoms with Gasteiger partial charge in [-0.3, -0.25) is 4.79 Å². The highest BCUT2D eigenvalue weighted by molar-refractivity contribution is 5.95. The van der Waals surface area contributed by atoms with E-state index < -0.39 is 29.9 Å². The lowest BCUT2D eigenvalue weighted by Gasteiger charge is -2.28. The molecule has 1 heterocycles. The monoisotopic (exact) mass is 612 g/mol. The van der Waals surface area contributed by atoms with Gasteiger partial charge in [-0.05, 0) is 69.2 Å². The number of rotatable bonds is 15. The molecule has 3 rings (SSSR count). The van der Waals surface area contributed by atoms with Gasteiger partial charge in [0.2, 0.25) is 0 Å². The molecule has 0 radical (unpaired) electrons. The van der Waals surface area contributed by atoms with Crippen molar-refractivity contribution < 1.29 is 47.6 Å². The summed E-state index contributed by atoms with van der Waals surface area (Å²) in [5.74, 6) is -0.304. The first kappa shape index (κ1) is 33.2. The number of hydrogen-bond donors (Lipinski definition) is 3. The molecule has 3 amide bonds. The van der Waals surface area contributed by atoms with Gasteiger partial charge in [-0.25, -0.2) is 19.8 Å². The van der Waals surface area contributed by atoms with E-state index in [9.17, 15) is 19.2 Å². The number of urea groups is 1. The molecule has 2 aromatic rings. The number of methoxy groups -OCH3 is 1. The van der Waals surface area contributed by atoms with Crippen molar-refractivity contribution in [1.82, 2.24) is 16.1 Å². The van der Waals surface area contributed by atoms with Gasteiger partial charge in [0, 0.05) is 5.70 Å². The van der Waals surface area contributed by atoms with Gasteiger partial charge in [-0.1, -0.05) is 6.07 Å². The molecule has 3 N–H and O–H groups in total. The van der Waals surface area contributed by atoms with E-state index in [1.54, 1.807) is 57.2 Å². The van der Waals surface area contributed by atoms with Crippen LogP contribution in [0.25, 0.3) is 0 Å². The zero-order valence-electron chi connectivity index (χ0n) is 25.2. The topological polar surface area (TPSA) is 172 Å². The Hall–Kier alpha value is -5.27. The summed E-state index contributed by atoms with van der Waals surface area (Å²) in [6, 6.07) is 8.51. The minimum Gasteiger partial charge on any atom is -0.493 e. The van der Waals surface area contributed by atoms with Gasteiger partial charge in [0.1, 0.15) is 0 Å². The molecule has 2 aromatic carbocycles. The highest BCUT2D eigenvalue weighted by Gasteiger charge is 2.32. The van der Waals surface area contributed by atoms with Crippen molar-refractivity contribution in [2.75, 3.05) is 40.1 Å². The number of esters is 2. The lowest BCUT2D eigenvalue weighted by molar-refractivity contribution is -0.145. The van der Waals surface area contributed by atoms with Crippen molar-refractivity contribution in [2.45, 2.75) is 33.7 Å². The minimum atomic E-state index is -0.787. The van der Waals surface area contributed by atoms with Crippen LogP contribution in [0.15, 0.2) is 52.8 Å². The fourth-order valence-corrected chi connectivity index (χ4v) is 4.09. The van der Waals surface area contributed by atoms with Gasteiger partial charge < -0.3 is 39.1 Å². The summed E-state index contributed by atoms with van der Waals surface area (Å²) in [6.45, 7) is 6.97. The van der Waals surface area contributed by atoms with Crippen LogP contribution in [0, 0.1) is 0 Å². The number of carbonyl (C=O) groups is 4. The number of hydrogen-bond acceptors (Lipinski definition) is 11. The van der Waals surface area contributed by atoms with Crippen molar-refractivity contribution in [3.63, 3.8) is 0 Å². The second-order valence-corrected chi connectivity index (χ2v) is 9.02. The molecule has 0 fully saturated rings. The van der Waals surface area contributed by atoms with E-state index in [-0.39, 0.29) is 43.5 Å². The maximum atomic E-state index is 12.6. The van der Waals surface area contributed by atoms with Gasteiger partial charge in [0.05, 0.1) is 44.8 Å². The van der Waals surface area contributed by atoms with Crippen molar-refractivity contribution in [2.24, 2.45) is 5.10 Å². The minimum absolute atomic E-state index is 0.173. The number of hydrazone groups is 1. The normalized spacial score (nSPS) is 14.3. The molecule has 0 aliphatic carbocycles. The van der Waals surface area contributed by atoms with Gasteiger partial charge >= 0.3 is 18.0 Å². The molecule has 0 unspecified atom stereocenters. The van der Waals surface area contributed by atoms with Crippen molar-refractivity contribution in [3.8, 4) is 23.0 Å². The Kier molecular flexibility index (Phi) is 12.4. The SMILES string of the molecule is CCOC(=O)COc1ccc(/C=N\NC(=O)COc2ccc([C@H]3NC(=O)NC(C)=C3C(=O)OCC)cc2OC)cc1OCC. The van der Waals surface area contributed by atoms with E-state index >= 15 is 0 Å². The van der Waals surface area contributed by atoms with Gasteiger partial charge in [-0.15, -0.1) is 0 Å². The van der Waals surface area contributed by atoms with E-state index in [0.717, 1.165) is 0 Å². The zero-order valence-corrected chi connectivity index (χ0v) is 25.2. The zero-order chi connectivity index (χ0) is 32.1. The predicted octanol–water partition coefficient (Wildman–Crippen LogP) is 2.76. The third-order valence-electron chi connectivity index (χ3n) is 5.97. The Morgan fingerprint density at radius 3 is 2.30 bits per heavy atom. The Morgan fingerprint density at radius 1 is 0.886 bits per heavy atom. The second kappa shape index (κ2) is 16.4. The smallest absolute Gasteiger partial charge is 0.344 e. The third-order valence-corrected chi connectivity index (χ3v) is 5.97. The Bertz CT molecular complexity index is 1420. The number of allylic oxidation sites excluding steroid dienone is 1. The molecular weight excluding hydrogens is 576 g/mol. The van der Waals surface area contributed by atoms with Crippen molar-refractivity contribution in [1.29, 1.82) is 0 Å². The van der Waals surface area contributed by atoms with Crippen molar-refractivity contribution in [3.05, 3.63) is 58.8 Å². The fourth-order valence-electron chi connectivity index (χ4n) is 4.09. The number of nitrogens with one attached hydrogen (secondary N) is 3. The molecule has 0 bridgehead atoms. The highest BCUT2D eigenvalue weighted by Crippen LogP contribution is 2.34. The lowest BCUT2D eigenvalue weighted by atomic mass is 9.95. The van der Waals surface area contributed by atoms with Crippen LogP contribution in [0.1, 0.15) is 44.9 Å². The van der Waals surface area contributed by atoms with Crippen LogP contribution in [0.3, 0.4) is 0 Å². The summed E-state index contributed by atoms with van der Waals surface area (Å²) in [7, 11) is 1.42. The molecule has 1 atom stereocenters. The van der Waals surface area contributed by atoms with Gasteiger partial charge in [0.25, 0.3) is 5.91 Å². The molecule has 0 spiro atoms.